The highest BCUT2D eigenvalue weighted by atomic mass is 14.4. The third kappa shape index (κ3) is 2.31. The average Bonchev–Trinajstić information content (AvgIpc) is 2.71. The Hall–Kier alpha value is -3.37. The lowest BCUT2D eigenvalue weighted by molar-refractivity contribution is 0.560. The van der Waals surface area contributed by atoms with Gasteiger partial charge >= 0.3 is 0 Å². The second-order valence-electron chi connectivity index (χ2n) is 6.96. The molecule has 0 fully saturated rings. The van der Waals surface area contributed by atoms with E-state index in [0.717, 1.165) is 5.56 Å². The minimum Gasteiger partial charge on any atom is -0.192 e. The Morgan fingerprint density at radius 2 is 1.46 bits per heavy atom. The summed E-state index contributed by atoms with van der Waals surface area (Å²) < 4.78 is 0. The van der Waals surface area contributed by atoms with Gasteiger partial charge in [-0.15, -0.1) is 0 Å². The van der Waals surface area contributed by atoms with Crippen LogP contribution >= 0.6 is 0 Å². The maximum absolute atomic E-state index is 8.93. The summed E-state index contributed by atoms with van der Waals surface area (Å²) in [6.07, 6.45) is 24.5. The molecule has 0 bridgehead atoms. The van der Waals surface area contributed by atoms with E-state index in [1.54, 1.807) is 0 Å². The van der Waals surface area contributed by atoms with Crippen molar-refractivity contribution in [3.8, 4) is 6.07 Å². The Bertz CT molecular complexity index is 1070. The molecule has 122 valence electrons. The normalized spacial score (nSPS) is 24.8. The van der Waals surface area contributed by atoms with Gasteiger partial charge in [0.2, 0.25) is 0 Å². The van der Waals surface area contributed by atoms with E-state index in [9.17, 15) is 0 Å². The van der Waals surface area contributed by atoms with Gasteiger partial charge in [0.05, 0.1) is 11.6 Å². The zero-order valence-electron chi connectivity index (χ0n) is 14.3. The highest BCUT2D eigenvalue weighted by Gasteiger charge is 2.38. The number of nitriles is 1. The van der Waals surface area contributed by atoms with E-state index >= 15 is 0 Å². The maximum atomic E-state index is 8.93. The fourth-order valence-corrected chi connectivity index (χ4v) is 4.23. The molecule has 1 aromatic rings. The molecular weight excluding hydrogens is 314 g/mol. The summed E-state index contributed by atoms with van der Waals surface area (Å²) in [5.74, 6) is 0.866. The van der Waals surface area contributed by atoms with Gasteiger partial charge in [-0.1, -0.05) is 79.0 Å². The minimum absolute atomic E-state index is 0.418. The molecule has 0 N–H and O–H groups in total. The Kier molecular flexibility index (Phi) is 3.37. The van der Waals surface area contributed by atoms with E-state index in [2.05, 4.69) is 72.9 Å². The third-order valence-electron chi connectivity index (χ3n) is 5.53. The van der Waals surface area contributed by atoms with Gasteiger partial charge in [-0.05, 0) is 45.6 Å². The molecule has 0 spiro atoms. The van der Waals surface area contributed by atoms with Crippen molar-refractivity contribution in [2.45, 2.75) is 0 Å². The summed E-state index contributed by atoms with van der Waals surface area (Å²) in [7, 11) is 0. The zero-order valence-corrected chi connectivity index (χ0v) is 14.3. The first-order valence-electron chi connectivity index (χ1n) is 8.92. The lowest BCUT2D eigenvalue weighted by atomic mass is 9.63. The number of benzene rings is 1. The van der Waals surface area contributed by atoms with Crippen molar-refractivity contribution >= 4 is 6.08 Å². The molecule has 2 atom stereocenters. The van der Waals surface area contributed by atoms with Gasteiger partial charge in [0.15, 0.2) is 0 Å². The second kappa shape index (κ2) is 5.86. The SMILES string of the molecule is N#Cc1ccc(/C=C/C2=CC=C3C=CC4=CC=CC5=CC=C2C3C45)cc1. The van der Waals surface area contributed by atoms with Crippen molar-refractivity contribution < 1.29 is 0 Å². The van der Waals surface area contributed by atoms with Crippen LogP contribution in [0.25, 0.3) is 6.08 Å². The first kappa shape index (κ1) is 14.9. The molecule has 5 rings (SSSR count). The van der Waals surface area contributed by atoms with Crippen molar-refractivity contribution in [3.63, 3.8) is 0 Å². The van der Waals surface area contributed by atoms with Crippen molar-refractivity contribution in [1.29, 1.82) is 5.26 Å². The number of nitrogens with zero attached hydrogens (tertiary/aromatic N) is 1. The molecule has 0 aromatic heterocycles. The molecule has 4 aliphatic rings. The van der Waals surface area contributed by atoms with Crippen LogP contribution in [-0.4, -0.2) is 0 Å². The molecule has 1 nitrogen and oxygen atoms in total. The van der Waals surface area contributed by atoms with Crippen molar-refractivity contribution in [2.75, 3.05) is 0 Å². The molecule has 2 unspecified atom stereocenters. The molecule has 0 heterocycles. The summed E-state index contributed by atoms with van der Waals surface area (Å²) in [5.41, 5.74) is 8.67. The Morgan fingerprint density at radius 1 is 0.731 bits per heavy atom. The molecule has 0 saturated carbocycles. The summed E-state index contributed by atoms with van der Waals surface area (Å²) in [5, 5.41) is 8.93. The monoisotopic (exact) mass is 331 g/mol. The van der Waals surface area contributed by atoms with Gasteiger partial charge in [0, 0.05) is 11.8 Å². The Morgan fingerprint density at radius 3 is 2.27 bits per heavy atom. The van der Waals surface area contributed by atoms with E-state index in [1.807, 2.05) is 24.3 Å². The molecule has 0 radical (unpaired) electrons. The summed E-state index contributed by atoms with van der Waals surface area (Å²) in [6, 6.07) is 9.86. The first-order valence-corrected chi connectivity index (χ1v) is 8.92. The average molecular weight is 331 g/mol. The fraction of sp³-hybridized carbons (Fsp3) is 0.0800. The summed E-state index contributed by atoms with van der Waals surface area (Å²) >= 11 is 0. The number of allylic oxidation sites excluding steroid dienone is 15. The topological polar surface area (TPSA) is 23.8 Å². The van der Waals surface area contributed by atoms with E-state index in [1.165, 1.54) is 27.9 Å². The van der Waals surface area contributed by atoms with Crippen molar-refractivity contribution in [1.82, 2.24) is 0 Å². The van der Waals surface area contributed by atoms with Gasteiger partial charge in [0.1, 0.15) is 0 Å². The largest absolute Gasteiger partial charge is 0.192 e. The molecule has 0 aliphatic heterocycles. The quantitative estimate of drug-likeness (QED) is 0.692. The Labute approximate surface area is 153 Å². The van der Waals surface area contributed by atoms with Gasteiger partial charge in [0.25, 0.3) is 0 Å². The molecule has 0 amide bonds. The predicted molar refractivity (Wildman–Crippen MR) is 106 cm³/mol. The summed E-state index contributed by atoms with van der Waals surface area (Å²) in [6.45, 7) is 0. The van der Waals surface area contributed by atoms with E-state index in [4.69, 9.17) is 5.26 Å². The van der Waals surface area contributed by atoms with E-state index in [0.29, 0.717) is 17.4 Å². The van der Waals surface area contributed by atoms with Crippen LogP contribution in [0.4, 0.5) is 0 Å². The predicted octanol–water partition coefficient (Wildman–Crippen LogP) is 5.60. The van der Waals surface area contributed by atoms with Crippen molar-refractivity contribution in [3.05, 3.63) is 124 Å². The molecule has 0 saturated heterocycles. The van der Waals surface area contributed by atoms with E-state index < -0.39 is 0 Å². The van der Waals surface area contributed by atoms with Crippen LogP contribution in [0.1, 0.15) is 11.1 Å². The second-order valence-corrected chi connectivity index (χ2v) is 6.96. The zero-order chi connectivity index (χ0) is 17.5. The molecule has 4 aliphatic carbocycles. The first-order chi connectivity index (χ1) is 12.8. The van der Waals surface area contributed by atoms with Gasteiger partial charge in [-0.25, -0.2) is 0 Å². The van der Waals surface area contributed by atoms with Gasteiger partial charge in [-0.2, -0.15) is 5.26 Å². The van der Waals surface area contributed by atoms with Crippen LogP contribution in [-0.2, 0) is 0 Å². The van der Waals surface area contributed by atoms with Gasteiger partial charge < -0.3 is 0 Å². The van der Waals surface area contributed by atoms with Crippen LogP contribution in [0.3, 0.4) is 0 Å². The lowest BCUT2D eigenvalue weighted by Gasteiger charge is -2.40. The van der Waals surface area contributed by atoms with E-state index in [-0.39, 0.29) is 0 Å². The minimum atomic E-state index is 0.418. The van der Waals surface area contributed by atoms with Crippen LogP contribution in [0.2, 0.25) is 0 Å². The maximum Gasteiger partial charge on any atom is 0.0991 e. The highest BCUT2D eigenvalue weighted by molar-refractivity contribution is 5.66. The highest BCUT2D eigenvalue weighted by Crippen LogP contribution is 2.50. The van der Waals surface area contributed by atoms with Gasteiger partial charge in [-0.3, -0.25) is 0 Å². The molecule has 1 aromatic carbocycles. The third-order valence-corrected chi connectivity index (χ3v) is 5.53. The smallest absolute Gasteiger partial charge is 0.0991 e. The Balaban J connectivity index is 1.53. The lowest BCUT2D eigenvalue weighted by Crippen LogP contribution is -2.29. The van der Waals surface area contributed by atoms with Crippen molar-refractivity contribution in [2.24, 2.45) is 11.8 Å². The van der Waals surface area contributed by atoms with Crippen LogP contribution in [0.5, 0.6) is 0 Å². The van der Waals surface area contributed by atoms with Crippen LogP contribution in [0, 0.1) is 23.2 Å². The number of hydrogen-bond acceptors (Lipinski definition) is 1. The molecule has 1 heteroatoms. The summed E-state index contributed by atoms with van der Waals surface area (Å²) in [4.78, 5) is 0. The fourth-order valence-electron chi connectivity index (χ4n) is 4.23. The van der Waals surface area contributed by atoms with Crippen LogP contribution in [0.15, 0.2) is 113 Å². The van der Waals surface area contributed by atoms with Crippen LogP contribution < -0.4 is 0 Å². The molecule has 26 heavy (non-hydrogen) atoms. The standard InChI is InChI=1S/C25H17N/c26-16-18-6-4-17(5-7-18)8-9-19-10-11-22-13-12-20-2-1-3-21-14-15-23(19)25(22)24(20)21/h1-15,24-25H/b9-8+. The number of hydrogen-bond donors (Lipinski definition) is 0. The number of rotatable bonds is 2. The molecular formula is C25H17N.